The van der Waals surface area contributed by atoms with Crippen LogP contribution in [0, 0.1) is 0 Å². The molecule has 0 unspecified atom stereocenters. The van der Waals surface area contributed by atoms with Crippen LogP contribution in [0.3, 0.4) is 0 Å². The van der Waals surface area contributed by atoms with Gasteiger partial charge in [0.2, 0.25) is 15.9 Å². The molecule has 1 N–H and O–H groups in total. The highest BCUT2D eigenvalue weighted by molar-refractivity contribution is 9.10. The molecule has 0 aliphatic carbocycles. The SMILES string of the molecule is CS(=O)(=O)N1CCN(CC(=O)Nc2ccc(Br)cc2)CC1. The molecule has 1 aromatic rings. The Balaban J connectivity index is 1.80. The molecule has 1 saturated heterocycles. The molecule has 0 saturated carbocycles. The summed E-state index contributed by atoms with van der Waals surface area (Å²) in [6, 6.07) is 7.37. The number of anilines is 1. The van der Waals surface area contributed by atoms with E-state index < -0.39 is 10.0 Å². The van der Waals surface area contributed by atoms with Gasteiger partial charge >= 0.3 is 0 Å². The number of benzene rings is 1. The van der Waals surface area contributed by atoms with Gasteiger partial charge in [-0.1, -0.05) is 15.9 Å². The van der Waals surface area contributed by atoms with Crippen molar-refractivity contribution in [3.05, 3.63) is 28.7 Å². The van der Waals surface area contributed by atoms with E-state index in [1.807, 2.05) is 29.2 Å². The zero-order chi connectivity index (χ0) is 15.5. The molecule has 1 aliphatic rings. The van der Waals surface area contributed by atoms with Crippen molar-refractivity contribution >= 4 is 37.5 Å². The molecule has 1 amide bonds. The van der Waals surface area contributed by atoms with E-state index in [2.05, 4.69) is 21.2 Å². The van der Waals surface area contributed by atoms with Gasteiger partial charge in [-0.15, -0.1) is 0 Å². The Bertz CT molecular complexity index is 596. The standard InChI is InChI=1S/C13H18BrN3O3S/c1-21(19,20)17-8-6-16(7-9-17)10-13(18)15-12-4-2-11(14)3-5-12/h2-5H,6-10H2,1H3,(H,15,18). The molecule has 116 valence electrons. The molecular formula is C13H18BrN3O3S. The Labute approximate surface area is 133 Å². The highest BCUT2D eigenvalue weighted by Gasteiger charge is 2.24. The van der Waals surface area contributed by atoms with Gasteiger partial charge in [0.25, 0.3) is 0 Å². The predicted octanol–water partition coefficient (Wildman–Crippen LogP) is 0.965. The van der Waals surface area contributed by atoms with Crippen LogP contribution in [0.25, 0.3) is 0 Å². The molecule has 1 heterocycles. The summed E-state index contributed by atoms with van der Waals surface area (Å²) in [5, 5.41) is 2.82. The number of halogens is 1. The van der Waals surface area contributed by atoms with Gasteiger partial charge < -0.3 is 5.32 Å². The second-order valence-corrected chi connectivity index (χ2v) is 7.89. The monoisotopic (exact) mass is 375 g/mol. The number of rotatable bonds is 4. The van der Waals surface area contributed by atoms with E-state index in [0.717, 1.165) is 10.2 Å². The minimum absolute atomic E-state index is 0.0925. The van der Waals surface area contributed by atoms with Crippen molar-refractivity contribution in [3.63, 3.8) is 0 Å². The lowest BCUT2D eigenvalue weighted by Gasteiger charge is -2.32. The summed E-state index contributed by atoms with van der Waals surface area (Å²) in [7, 11) is -3.13. The van der Waals surface area contributed by atoms with Crippen molar-refractivity contribution in [2.45, 2.75) is 0 Å². The van der Waals surface area contributed by atoms with Crippen LogP contribution in [0.15, 0.2) is 28.7 Å². The molecule has 6 nitrogen and oxygen atoms in total. The Hall–Kier alpha value is -0.960. The maximum absolute atomic E-state index is 11.9. The van der Waals surface area contributed by atoms with E-state index in [1.54, 1.807) is 0 Å². The van der Waals surface area contributed by atoms with E-state index in [0.29, 0.717) is 26.2 Å². The first-order valence-corrected chi connectivity index (χ1v) is 9.21. The average molecular weight is 376 g/mol. The topological polar surface area (TPSA) is 69.7 Å². The quantitative estimate of drug-likeness (QED) is 0.850. The average Bonchev–Trinajstić information content (AvgIpc) is 2.41. The summed E-state index contributed by atoms with van der Waals surface area (Å²) in [6.45, 7) is 2.28. The molecule has 1 aliphatic heterocycles. The van der Waals surface area contributed by atoms with Crippen molar-refractivity contribution in [3.8, 4) is 0 Å². The molecule has 0 aromatic heterocycles. The molecule has 0 spiro atoms. The molecule has 0 radical (unpaired) electrons. The number of sulfonamides is 1. The third kappa shape index (κ3) is 5.06. The van der Waals surface area contributed by atoms with Gasteiger partial charge in [-0.25, -0.2) is 8.42 Å². The zero-order valence-corrected chi connectivity index (χ0v) is 14.2. The van der Waals surface area contributed by atoms with Gasteiger partial charge in [0.1, 0.15) is 0 Å². The van der Waals surface area contributed by atoms with Crippen LogP contribution in [0.4, 0.5) is 5.69 Å². The Morgan fingerprint density at radius 2 is 1.76 bits per heavy atom. The fourth-order valence-corrected chi connectivity index (χ4v) is 3.25. The Morgan fingerprint density at radius 3 is 2.29 bits per heavy atom. The molecule has 1 fully saturated rings. The summed E-state index contributed by atoms with van der Waals surface area (Å²) in [6.07, 6.45) is 1.21. The Morgan fingerprint density at radius 1 is 1.19 bits per heavy atom. The first kappa shape index (κ1) is 16.4. The number of carbonyl (C=O) groups excluding carboxylic acids is 1. The molecule has 21 heavy (non-hydrogen) atoms. The third-order valence-corrected chi connectivity index (χ3v) is 5.13. The van der Waals surface area contributed by atoms with E-state index in [-0.39, 0.29) is 12.5 Å². The van der Waals surface area contributed by atoms with Gasteiger partial charge in [-0.05, 0) is 24.3 Å². The van der Waals surface area contributed by atoms with Gasteiger partial charge in [0, 0.05) is 36.3 Å². The second-order valence-electron chi connectivity index (χ2n) is 4.99. The molecule has 0 bridgehead atoms. The summed E-state index contributed by atoms with van der Waals surface area (Å²) in [5.41, 5.74) is 0.748. The van der Waals surface area contributed by atoms with Gasteiger partial charge in [0.15, 0.2) is 0 Å². The van der Waals surface area contributed by atoms with Gasteiger partial charge in [0.05, 0.1) is 12.8 Å². The second kappa shape index (κ2) is 6.87. The molecule has 0 atom stereocenters. The number of nitrogens with zero attached hydrogens (tertiary/aromatic N) is 2. The van der Waals surface area contributed by atoms with Gasteiger partial charge in [-0.3, -0.25) is 9.69 Å². The number of carbonyl (C=O) groups is 1. The first-order valence-electron chi connectivity index (χ1n) is 6.57. The molecule has 1 aromatic carbocycles. The van der Waals surface area contributed by atoms with Crippen molar-refractivity contribution in [2.24, 2.45) is 0 Å². The first-order chi connectivity index (χ1) is 9.84. The highest BCUT2D eigenvalue weighted by atomic mass is 79.9. The minimum Gasteiger partial charge on any atom is -0.325 e. The largest absolute Gasteiger partial charge is 0.325 e. The predicted molar refractivity (Wildman–Crippen MR) is 85.6 cm³/mol. The lowest BCUT2D eigenvalue weighted by atomic mass is 10.3. The number of amides is 1. The van der Waals surface area contributed by atoms with Crippen LogP contribution < -0.4 is 5.32 Å². The van der Waals surface area contributed by atoms with E-state index in [1.165, 1.54) is 10.6 Å². The third-order valence-electron chi connectivity index (χ3n) is 3.30. The van der Waals surface area contributed by atoms with Crippen LogP contribution in [0.2, 0.25) is 0 Å². The van der Waals surface area contributed by atoms with Crippen LogP contribution >= 0.6 is 15.9 Å². The summed E-state index contributed by atoms with van der Waals surface area (Å²) < 4.78 is 25.2. The number of piperazine rings is 1. The number of hydrogen-bond donors (Lipinski definition) is 1. The summed E-state index contributed by atoms with van der Waals surface area (Å²) >= 11 is 3.34. The van der Waals surface area contributed by atoms with Crippen molar-refractivity contribution in [2.75, 3.05) is 44.3 Å². The number of hydrogen-bond acceptors (Lipinski definition) is 4. The van der Waals surface area contributed by atoms with E-state index in [4.69, 9.17) is 0 Å². The van der Waals surface area contributed by atoms with E-state index in [9.17, 15) is 13.2 Å². The molecule has 8 heteroatoms. The minimum atomic E-state index is -3.13. The highest BCUT2D eigenvalue weighted by Crippen LogP contribution is 2.14. The fourth-order valence-electron chi connectivity index (χ4n) is 2.16. The Kier molecular flexibility index (Phi) is 5.37. The fraction of sp³-hybridized carbons (Fsp3) is 0.462. The van der Waals surface area contributed by atoms with Crippen molar-refractivity contribution in [1.29, 1.82) is 0 Å². The zero-order valence-electron chi connectivity index (χ0n) is 11.8. The maximum atomic E-state index is 11.9. The van der Waals surface area contributed by atoms with Crippen LogP contribution in [-0.2, 0) is 14.8 Å². The molecule has 2 rings (SSSR count). The smallest absolute Gasteiger partial charge is 0.238 e. The van der Waals surface area contributed by atoms with Gasteiger partial charge in [-0.2, -0.15) is 4.31 Å². The summed E-state index contributed by atoms with van der Waals surface area (Å²) in [4.78, 5) is 13.9. The lowest BCUT2D eigenvalue weighted by molar-refractivity contribution is -0.117. The number of nitrogens with one attached hydrogen (secondary N) is 1. The van der Waals surface area contributed by atoms with Crippen LogP contribution in [0.5, 0.6) is 0 Å². The normalized spacial score (nSPS) is 17.6. The van der Waals surface area contributed by atoms with Crippen LogP contribution in [0.1, 0.15) is 0 Å². The lowest BCUT2D eigenvalue weighted by Crippen LogP contribution is -2.50. The van der Waals surface area contributed by atoms with Crippen molar-refractivity contribution in [1.82, 2.24) is 9.21 Å². The van der Waals surface area contributed by atoms with Crippen LogP contribution in [-0.4, -0.2) is 62.5 Å². The molecular weight excluding hydrogens is 358 g/mol. The van der Waals surface area contributed by atoms with Crippen molar-refractivity contribution < 1.29 is 13.2 Å². The van der Waals surface area contributed by atoms with E-state index >= 15 is 0 Å². The summed E-state index contributed by atoms with van der Waals surface area (Å²) in [5.74, 6) is -0.0925. The maximum Gasteiger partial charge on any atom is 0.238 e.